The van der Waals surface area contributed by atoms with Gasteiger partial charge in [0.2, 0.25) is 0 Å². The maximum absolute atomic E-state index is 12.0. The average Bonchev–Trinajstić information content (AvgIpc) is 3.11. The van der Waals surface area contributed by atoms with Crippen molar-refractivity contribution in [2.24, 2.45) is 0 Å². The molecule has 0 saturated heterocycles. The lowest BCUT2D eigenvalue weighted by atomic mass is 10.3. The Morgan fingerprint density at radius 3 is 3.10 bits per heavy atom. The molecule has 0 atom stereocenters. The first-order valence-corrected chi connectivity index (χ1v) is 7.15. The van der Waals surface area contributed by atoms with E-state index >= 15 is 0 Å². The number of aromatic nitrogens is 2. The molecule has 3 rings (SSSR count). The van der Waals surface area contributed by atoms with Crippen molar-refractivity contribution < 1.29 is 14.1 Å². The zero-order valence-electron chi connectivity index (χ0n) is 11.3. The molecule has 2 heterocycles. The minimum Gasteiger partial charge on any atom is -0.377 e. The highest BCUT2D eigenvalue weighted by atomic mass is 32.1. The summed E-state index contributed by atoms with van der Waals surface area (Å²) in [6.07, 6.45) is 0. The molecule has 0 radical (unpaired) electrons. The number of benzene rings is 1. The third-order valence-electron chi connectivity index (χ3n) is 2.82. The van der Waals surface area contributed by atoms with Crippen LogP contribution in [0.1, 0.15) is 21.3 Å². The van der Waals surface area contributed by atoms with E-state index in [0.29, 0.717) is 12.3 Å². The Morgan fingerprint density at radius 2 is 2.29 bits per heavy atom. The standard InChI is InChI=1S/C14H13N3O3S/c1-19-8-9-6-11(17-20-9)14(18)15-7-13-16-10-4-2-3-5-12(10)21-13/h2-6H,7-8H2,1H3,(H,15,18). The van der Waals surface area contributed by atoms with Gasteiger partial charge >= 0.3 is 0 Å². The molecule has 1 aromatic carbocycles. The predicted molar refractivity (Wildman–Crippen MR) is 78.0 cm³/mol. The van der Waals surface area contributed by atoms with Gasteiger partial charge in [0.05, 0.1) is 16.8 Å². The number of para-hydroxylation sites is 1. The molecule has 6 nitrogen and oxygen atoms in total. The van der Waals surface area contributed by atoms with Crippen molar-refractivity contribution in [3.8, 4) is 0 Å². The Kier molecular flexibility index (Phi) is 3.94. The monoisotopic (exact) mass is 303 g/mol. The molecular formula is C14H13N3O3S. The molecule has 0 aliphatic heterocycles. The number of fused-ring (bicyclic) bond motifs is 1. The molecule has 7 heteroatoms. The fourth-order valence-electron chi connectivity index (χ4n) is 1.87. The summed E-state index contributed by atoms with van der Waals surface area (Å²) in [5.41, 5.74) is 1.18. The van der Waals surface area contributed by atoms with Gasteiger partial charge in [0.1, 0.15) is 11.6 Å². The predicted octanol–water partition coefficient (Wildman–Crippen LogP) is 2.36. The molecule has 2 aromatic heterocycles. The van der Waals surface area contributed by atoms with Crippen molar-refractivity contribution in [3.63, 3.8) is 0 Å². The molecule has 0 bridgehead atoms. The highest BCUT2D eigenvalue weighted by molar-refractivity contribution is 7.18. The van der Waals surface area contributed by atoms with E-state index in [1.54, 1.807) is 24.5 Å². The second kappa shape index (κ2) is 6.02. The lowest BCUT2D eigenvalue weighted by molar-refractivity contribution is 0.0941. The molecule has 0 fully saturated rings. The number of methoxy groups -OCH3 is 1. The summed E-state index contributed by atoms with van der Waals surface area (Å²) in [7, 11) is 1.55. The van der Waals surface area contributed by atoms with Crippen LogP contribution in [0, 0.1) is 0 Å². The normalized spacial score (nSPS) is 10.9. The maximum Gasteiger partial charge on any atom is 0.273 e. The summed E-state index contributed by atoms with van der Waals surface area (Å²) in [5, 5.41) is 7.34. The summed E-state index contributed by atoms with van der Waals surface area (Å²) in [5.74, 6) is 0.225. The van der Waals surface area contributed by atoms with E-state index < -0.39 is 0 Å². The number of carbonyl (C=O) groups excluding carboxylic acids is 1. The van der Waals surface area contributed by atoms with Gasteiger partial charge in [-0.15, -0.1) is 11.3 Å². The summed E-state index contributed by atoms with van der Waals surface area (Å²) < 4.78 is 11.0. The molecule has 1 amide bonds. The second-order valence-corrected chi connectivity index (χ2v) is 5.48. The van der Waals surface area contributed by atoms with Gasteiger partial charge in [0, 0.05) is 13.2 Å². The fraction of sp³-hybridized carbons (Fsp3) is 0.214. The summed E-state index contributed by atoms with van der Waals surface area (Å²) in [6, 6.07) is 9.43. The van der Waals surface area contributed by atoms with Crippen molar-refractivity contribution in [2.45, 2.75) is 13.2 Å². The zero-order chi connectivity index (χ0) is 14.7. The van der Waals surface area contributed by atoms with Crippen LogP contribution in [0.5, 0.6) is 0 Å². The smallest absolute Gasteiger partial charge is 0.273 e. The van der Waals surface area contributed by atoms with Crippen molar-refractivity contribution in [2.75, 3.05) is 7.11 Å². The van der Waals surface area contributed by atoms with Crippen LogP contribution in [0.15, 0.2) is 34.9 Å². The van der Waals surface area contributed by atoms with Gasteiger partial charge in [-0.1, -0.05) is 17.3 Å². The number of nitrogens with zero attached hydrogens (tertiary/aromatic N) is 2. The lowest BCUT2D eigenvalue weighted by Gasteiger charge is -1.98. The third-order valence-corrected chi connectivity index (χ3v) is 3.85. The summed E-state index contributed by atoms with van der Waals surface area (Å²) in [4.78, 5) is 16.4. The average molecular weight is 303 g/mol. The van der Waals surface area contributed by atoms with E-state index in [1.165, 1.54) is 0 Å². The molecular weight excluding hydrogens is 290 g/mol. The molecule has 1 N–H and O–H groups in total. The maximum atomic E-state index is 12.0. The SMILES string of the molecule is COCc1cc(C(=O)NCc2nc3ccccc3s2)no1. The largest absolute Gasteiger partial charge is 0.377 e. The van der Waals surface area contributed by atoms with E-state index in [2.05, 4.69) is 15.5 Å². The van der Waals surface area contributed by atoms with Crippen LogP contribution in [-0.4, -0.2) is 23.2 Å². The summed E-state index contributed by atoms with van der Waals surface area (Å²) >= 11 is 1.56. The van der Waals surface area contributed by atoms with E-state index in [0.717, 1.165) is 15.2 Å². The quantitative estimate of drug-likeness (QED) is 0.783. The minimum absolute atomic E-state index is 0.239. The number of carbonyl (C=O) groups is 1. The number of ether oxygens (including phenoxy) is 1. The lowest BCUT2D eigenvalue weighted by Crippen LogP contribution is -2.22. The molecule has 21 heavy (non-hydrogen) atoms. The van der Waals surface area contributed by atoms with Crippen LogP contribution in [0.2, 0.25) is 0 Å². The molecule has 0 spiro atoms. The van der Waals surface area contributed by atoms with Crippen LogP contribution in [-0.2, 0) is 17.9 Å². The Balaban J connectivity index is 1.64. The van der Waals surface area contributed by atoms with E-state index in [9.17, 15) is 4.79 Å². The Hall–Kier alpha value is -2.25. The Bertz CT molecular complexity index is 733. The fourth-order valence-corrected chi connectivity index (χ4v) is 2.78. The molecule has 108 valence electrons. The Labute approximate surface area is 124 Å². The number of nitrogens with one attached hydrogen (secondary N) is 1. The van der Waals surface area contributed by atoms with Gasteiger partial charge < -0.3 is 14.6 Å². The first-order chi connectivity index (χ1) is 10.3. The number of thiazole rings is 1. The van der Waals surface area contributed by atoms with Crippen LogP contribution >= 0.6 is 11.3 Å². The van der Waals surface area contributed by atoms with Gasteiger partial charge in [0.15, 0.2) is 11.5 Å². The highest BCUT2D eigenvalue weighted by Gasteiger charge is 2.13. The summed E-state index contributed by atoms with van der Waals surface area (Å²) in [6.45, 7) is 0.656. The molecule has 0 aliphatic carbocycles. The van der Waals surface area contributed by atoms with Crippen molar-refractivity contribution in [1.82, 2.24) is 15.5 Å². The molecule has 0 aliphatic rings. The van der Waals surface area contributed by atoms with Crippen LogP contribution < -0.4 is 5.32 Å². The molecule has 3 aromatic rings. The van der Waals surface area contributed by atoms with Gasteiger partial charge in [-0.3, -0.25) is 4.79 Å². The van der Waals surface area contributed by atoms with E-state index in [-0.39, 0.29) is 18.2 Å². The van der Waals surface area contributed by atoms with Gasteiger partial charge in [-0.2, -0.15) is 0 Å². The number of rotatable bonds is 5. The minimum atomic E-state index is -0.291. The van der Waals surface area contributed by atoms with Gasteiger partial charge in [-0.25, -0.2) is 4.98 Å². The van der Waals surface area contributed by atoms with Crippen molar-refractivity contribution >= 4 is 27.5 Å². The van der Waals surface area contributed by atoms with Crippen molar-refractivity contribution in [3.05, 3.63) is 46.8 Å². The van der Waals surface area contributed by atoms with Crippen LogP contribution in [0.4, 0.5) is 0 Å². The van der Waals surface area contributed by atoms with Crippen LogP contribution in [0.3, 0.4) is 0 Å². The highest BCUT2D eigenvalue weighted by Crippen LogP contribution is 2.21. The Morgan fingerprint density at radius 1 is 1.43 bits per heavy atom. The first-order valence-electron chi connectivity index (χ1n) is 6.33. The second-order valence-electron chi connectivity index (χ2n) is 4.37. The number of hydrogen-bond donors (Lipinski definition) is 1. The van der Waals surface area contributed by atoms with Crippen LogP contribution in [0.25, 0.3) is 10.2 Å². The third kappa shape index (κ3) is 3.09. The number of hydrogen-bond acceptors (Lipinski definition) is 6. The van der Waals surface area contributed by atoms with Gasteiger partial charge in [-0.05, 0) is 12.1 Å². The first kappa shape index (κ1) is 13.7. The van der Waals surface area contributed by atoms with E-state index in [4.69, 9.17) is 9.26 Å². The van der Waals surface area contributed by atoms with E-state index in [1.807, 2.05) is 24.3 Å². The molecule has 0 saturated carbocycles. The van der Waals surface area contributed by atoms with Gasteiger partial charge in [0.25, 0.3) is 5.91 Å². The zero-order valence-corrected chi connectivity index (χ0v) is 12.1. The number of amides is 1. The topological polar surface area (TPSA) is 77.2 Å². The van der Waals surface area contributed by atoms with Crippen molar-refractivity contribution in [1.29, 1.82) is 0 Å². The molecule has 0 unspecified atom stereocenters.